The third-order valence-electron chi connectivity index (χ3n) is 4.09. The Kier molecular flexibility index (Phi) is 15.1. The van der Waals surface area contributed by atoms with Gasteiger partial charge in [-0.1, -0.05) is 111 Å². The van der Waals surface area contributed by atoms with Crippen molar-refractivity contribution in [1.29, 1.82) is 0 Å². The van der Waals surface area contributed by atoms with Gasteiger partial charge in [-0.15, -0.1) is 0 Å². The normalized spacial score (nSPS) is 12.8. The van der Waals surface area contributed by atoms with Crippen molar-refractivity contribution in [3.05, 3.63) is 6.92 Å². The summed E-state index contributed by atoms with van der Waals surface area (Å²) in [5.41, 5.74) is 0. The van der Waals surface area contributed by atoms with E-state index in [1.54, 1.807) is 0 Å². The SMILES string of the molecule is [CH2]CC(CCCC)CCCCCCCCCCC. The maximum Gasteiger partial charge on any atom is -0.0414 e. The molecule has 0 aliphatic rings. The molecule has 0 heterocycles. The fourth-order valence-electron chi connectivity index (χ4n) is 2.67. The van der Waals surface area contributed by atoms with Gasteiger partial charge in [-0.05, 0) is 5.92 Å². The Morgan fingerprint density at radius 2 is 1.06 bits per heavy atom. The number of unbranched alkanes of at least 4 members (excludes halogenated alkanes) is 9. The summed E-state index contributed by atoms with van der Waals surface area (Å²) < 4.78 is 0. The first kappa shape index (κ1) is 18.0. The first-order valence-corrected chi connectivity index (χ1v) is 8.64. The second-order valence-corrected chi connectivity index (χ2v) is 5.91. The molecule has 0 fully saturated rings. The van der Waals surface area contributed by atoms with E-state index >= 15 is 0 Å². The smallest absolute Gasteiger partial charge is 0.0414 e. The molecule has 0 bridgehead atoms. The van der Waals surface area contributed by atoms with Crippen LogP contribution in [0.1, 0.15) is 104 Å². The summed E-state index contributed by atoms with van der Waals surface area (Å²) in [5.74, 6) is 0.912. The zero-order valence-electron chi connectivity index (χ0n) is 13.2. The molecule has 0 spiro atoms. The van der Waals surface area contributed by atoms with Crippen molar-refractivity contribution in [1.82, 2.24) is 0 Å². The highest BCUT2D eigenvalue weighted by Crippen LogP contribution is 2.20. The van der Waals surface area contributed by atoms with Crippen LogP contribution in [0.2, 0.25) is 0 Å². The minimum atomic E-state index is 0.912. The Morgan fingerprint density at radius 1 is 0.611 bits per heavy atom. The van der Waals surface area contributed by atoms with Gasteiger partial charge in [0.1, 0.15) is 0 Å². The highest BCUT2D eigenvalue weighted by atomic mass is 14.1. The molecule has 0 saturated heterocycles. The number of hydrogen-bond donors (Lipinski definition) is 0. The summed E-state index contributed by atoms with van der Waals surface area (Å²) in [5, 5.41) is 0. The van der Waals surface area contributed by atoms with Crippen LogP contribution >= 0.6 is 0 Å². The molecule has 0 nitrogen and oxygen atoms in total. The molecule has 1 radical (unpaired) electrons. The molecule has 1 atom stereocenters. The molecule has 1 unspecified atom stereocenters. The van der Waals surface area contributed by atoms with Crippen LogP contribution in [0, 0.1) is 12.8 Å². The minimum Gasteiger partial charge on any atom is -0.0654 e. The lowest BCUT2D eigenvalue weighted by Gasteiger charge is -2.13. The van der Waals surface area contributed by atoms with Gasteiger partial charge in [0.25, 0.3) is 0 Å². The Bertz CT molecular complexity index is 139. The first-order valence-electron chi connectivity index (χ1n) is 8.64. The molecular formula is C18H37. The van der Waals surface area contributed by atoms with Crippen molar-refractivity contribution >= 4 is 0 Å². The average molecular weight is 253 g/mol. The summed E-state index contributed by atoms with van der Waals surface area (Å²) >= 11 is 0. The molecule has 0 rings (SSSR count). The van der Waals surface area contributed by atoms with E-state index in [9.17, 15) is 0 Å². The average Bonchev–Trinajstić information content (AvgIpc) is 2.40. The standard InChI is InChI=1S/C18H37/c1-4-7-9-10-11-12-13-14-15-17-18(6-3)16-8-5-2/h18H,3-17H2,1-2H3. The van der Waals surface area contributed by atoms with Gasteiger partial charge in [0.2, 0.25) is 0 Å². The Balaban J connectivity index is 3.17. The largest absolute Gasteiger partial charge is 0.0654 e. The van der Waals surface area contributed by atoms with Crippen LogP contribution in [0.15, 0.2) is 0 Å². The lowest BCUT2D eigenvalue weighted by atomic mass is 9.93. The van der Waals surface area contributed by atoms with E-state index in [0.717, 1.165) is 12.3 Å². The highest BCUT2D eigenvalue weighted by Gasteiger charge is 2.04. The van der Waals surface area contributed by atoms with Gasteiger partial charge >= 0.3 is 0 Å². The summed E-state index contributed by atoms with van der Waals surface area (Å²) in [4.78, 5) is 0. The Morgan fingerprint density at radius 3 is 1.56 bits per heavy atom. The molecule has 0 heteroatoms. The van der Waals surface area contributed by atoms with Crippen molar-refractivity contribution in [2.24, 2.45) is 5.92 Å². The molecule has 0 aromatic carbocycles. The molecular weight excluding hydrogens is 216 g/mol. The molecule has 0 saturated carbocycles. The fraction of sp³-hybridized carbons (Fsp3) is 0.944. The van der Waals surface area contributed by atoms with E-state index in [4.69, 9.17) is 0 Å². The molecule has 0 aliphatic heterocycles. The van der Waals surface area contributed by atoms with Crippen LogP contribution in [0.3, 0.4) is 0 Å². The maximum atomic E-state index is 4.10. The van der Waals surface area contributed by atoms with E-state index in [1.807, 2.05) is 0 Å². The third-order valence-corrected chi connectivity index (χ3v) is 4.09. The van der Waals surface area contributed by atoms with Crippen LogP contribution in [-0.2, 0) is 0 Å². The second kappa shape index (κ2) is 15.1. The van der Waals surface area contributed by atoms with Gasteiger partial charge in [0, 0.05) is 0 Å². The summed E-state index contributed by atoms with van der Waals surface area (Å²) in [6, 6.07) is 0. The first-order chi connectivity index (χ1) is 8.85. The van der Waals surface area contributed by atoms with Crippen LogP contribution < -0.4 is 0 Å². The van der Waals surface area contributed by atoms with Crippen LogP contribution in [0.4, 0.5) is 0 Å². The fourth-order valence-corrected chi connectivity index (χ4v) is 2.67. The Hall–Kier alpha value is 0. The molecule has 18 heavy (non-hydrogen) atoms. The zero-order chi connectivity index (χ0) is 13.5. The van der Waals surface area contributed by atoms with Crippen molar-refractivity contribution < 1.29 is 0 Å². The van der Waals surface area contributed by atoms with Gasteiger partial charge in [0.05, 0.1) is 0 Å². The van der Waals surface area contributed by atoms with Gasteiger partial charge in [0.15, 0.2) is 0 Å². The van der Waals surface area contributed by atoms with Crippen LogP contribution in [0.5, 0.6) is 0 Å². The van der Waals surface area contributed by atoms with E-state index < -0.39 is 0 Å². The minimum absolute atomic E-state index is 0.912. The van der Waals surface area contributed by atoms with Crippen molar-refractivity contribution in [3.8, 4) is 0 Å². The molecule has 109 valence electrons. The summed E-state index contributed by atoms with van der Waals surface area (Å²) in [6.07, 6.45) is 19.7. The van der Waals surface area contributed by atoms with Crippen molar-refractivity contribution in [3.63, 3.8) is 0 Å². The lowest BCUT2D eigenvalue weighted by Crippen LogP contribution is -1.98. The zero-order valence-corrected chi connectivity index (χ0v) is 13.2. The van der Waals surface area contributed by atoms with Gasteiger partial charge in [-0.3, -0.25) is 0 Å². The van der Waals surface area contributed by atoms with Gasteiger partial charge in [-0.2, -0.15) is 0 Å². The van der Waals surface area contributed by atoms with E-state index in [0.29, 0.717) is 0 Å². The number of rotatable bonds is 14. The predicted octanol–water partition coefficient (Wildman–Crippen LogP) is 6.94. The second-order valence-electron chi connectivity index (χ2n) is 5.91. The van der Waals surface area contributed by atoms with Crippen molar-refractivity contribution in [2.45, 2.75) is 104 Å². The topological polar surface area (TPSA) is 0 Å². The predicted molar refractivity (Wildman–Crippen MR) is 84.8 cm³/mol. The molecule has 0 aliphatic carbocycles. The van der Waals surface area contributed by atoms with Gasteiger partial charge < -0.3 is 0 Å². The quantitative estimate of drug-likeness (QED) is 0.294. The van der Waals surface area contributed by atoms with Crippen LogP contribution in [-0.4, -0.2) is 0 Å². The summed E-state index contributed by atoms with van der Waals surface area (Å²) in [6.45, 7) is 8.68. The van der Waals surface area contributed by atoms with Gasteiger partial charge in [-0.25, -0.2) is 0 Å². The molecule has 0 aromatic heterocycles. The van der Waals surface area contributed by atoms with E-state index in [-0.39, 0.29) is 0 Å². The third kappa shape index (κ3) is 12.5. The number of hydrogen-bond acceptors (Lipinski definition) is 0. The maximum absolute atomic E-state index is 4.10. The highest BCUT2D eigenvalue weighted by molar-refractivity contribution is 4.61. The van der Waals surface area contributed by atoms with E-state index in [2.05, 4.69) is 20.8 Å². The Labute approximate surface area is 117 Å². The molecule has 0 aromatic rings. The molecule has 0 amide bonds. The lowest BCUT2D eigenvalue weighted by molar-refractivity contribution is 0.412. The monoisotopic (exact) mass is 253 g/mol. The summed E-state index contributed by atoms with van der Waals surface area (Å²) in [7, 11) is 0. The van der Waals surface area contributed by atoms with E-state index in [1.165, 1.54) is 83.5 Å². The molecule has 0 N–H and O–H groups in total. The van der Waals surface area contributed by atoms with Crippen molar-refractivity contribution in [2.75, 3.05) is 0 Å². The van der Waals surface area contributed by atoms with Crippen LogP contribution in [0.25, 0.3) is 0 Å².